The Bertz CT molecular complexity index is 607. The summed E-state index contributed by atoms with van der Waals surface area (Å²) in [5, 5.41) is 2.61. The standard InChI is InChI=1S/C12H12BrN3O3/c13-8-1-2-11-14-10(6-16(11)5-8)15-12(17)19-9-3-4-18-7-9/h1-2,5-6,9H,3-4,7H2,(H,15,17). The number of aromatic nitrogens is 2. The van der Waals surface area contributed by atoms with Crippen molar-refractivity contribution in [3.63, 3.8) is 0 Å². The fourth-order valence-electron chi connectivity index (χ4n) is 1.92. The number of halogens is 1. The zero-order valence-corrected chi connectivity index (χ0v) is 11.6. The van der Waals surface area contributed by atoms with Gasteiger partial charge in [-0.15, -0.1) is 0 Å². The molecule has 1 N–H and O–H groups in total. The van der Waals surface area contributed by atoms with Gasteiger partial charge >= 0.3 is 6.09 Å². The minimum absolute atomic E-state index is 0.161. The number of nitrogens with one attached hydrogen (secondary N) is 1. The van der Waals surface area contributed by atoms with E-state index >= 15 is 0 Å². The summed E-state index contributed by atoms with van der Waals surface area (Å²) in [5.41, 5.74) is 0.752. The Kier molecular flexibility index (Phi) is 3.39. The fourth-order valence-corrected chi connectivity index (χ4v) is 2.27. The molecule has 2 aromatic heterocycles. The Labute approximate surface area is 117 Å². The molecule has 1 fully saturated rings. The van der Waals surface area contributed by atoms with Crippen molar-refractivity contribution in [1.29, 1.82) is 0 Å². The molecule has 6 nitrogen and oxygen atoms in total. The number of carbonyl (C=O) groups is 1. The Morgan fingerprint density at radius 1 is 1.53 bits per heavy atom. The lowest BCUT2D eigenvalue weighted by atomic mass is 10.3. The van der Waals surface area contributed by atoms with Crippen molar-refractivity contribution >= 4 is 33.5 Å². The molecule has 1 aliphatic rings. The van der Waals surface area contributed by atoms with Gasteiger partial charge in [0.15, 0.2) is 5.82 Å². The molecule has 100 valence electrons. The average Bonchev–Trinajstić information content (AvgIpc) is 2.97. The Morgan fingerprint density at radius 2 is 2.42 bits per heavy atom. The molecule has 3 rings (SSSR count). The van der Waals surface area contributed by atoms with E-state index < -0.39 is 6.09 Å². The van der Waals surface area contributed by atoms with Crippen LogP contribution in [0, 0.1) is 0 Å². The molecule has 1 saturated heterocycles. The molecule has 7 heteroatoms. The molecule has 0 aromatic carbocycles. The summed E-state index contributed by atoms with van der Waals surface area (Å²) in [7, 11) is 0. The first-order chi connectivity index (χ1) is 9.20. The van der Waals surface area contributed by atoms with Gasteiger partial charge in [-0.25, -0.2) is 9.78 Å². The largest absolute Gasteiger partial charge is 0.443 e. The lowest BCUT2D eigenvalue weighted by molar-refractivity contribution is 0.0931. The summed E-state index contributed by atoms with van der Waals surface area (Å²) >= 11 is 3.38. The molecular weight excluding hydrogens is 314 g/mol. The van der Waals surface area contributed by atoms with E-state index in [2.05, 4.69) is 26.2 Å². The van der Waals surface area contributed by atoms with E-state index in [1.165, 1.54) is 0 Å². The van der Waals surface area contributed by atoms with Gasteiger partial charge in [0.2, 0.25) is 0 Å². The number of rotatable bonds is 2. The molecule has 19 heavy (non-hydrogen) atoms. The Balaban J connectivity index is 1.68. The van der Waals surface area contributed by atoms with Gasteiger partial charge in [-0.3, -0.25) is 5.32 Å². The number of amides is 1. The van der Waals surface area contributed by atoms with Crippen molar-refractivity contribution in [1.82, 2.24) is 9.38 Å². The van der Waals surface area contributed by atoms with Crippen LogP contribution in [0.4, 0.5) is 10.6 Å². The maximum absolute atomic E-state index is 11.7. The summed E-state index contributed by atoms with van der Waals surface area (Å²) in [4.78, 5) is 15.9. The number of nitrogens with zero attached hydrogens (tertiary/aromatic N) is 2. The highest BCUT2D eigenvalue weighted by Gasteiger charge is 2.20. The van der Waals surface area contributed by atoms with E-state index in [-0.39, 0.29) is 6.10 Å². The highest BCUT2D eigenvalue weighted by molar-refractivity contribution is 9.10. The van der Waals surface area contributed by atoms with Crippen molar-refractivity contribution in [3.8, 4) is 0 Å². The van der Waals surface area contributed by atoms with Gasteiger partial charge < -0.3 is 13.9 Å². The number of ether oxygens (including phenoxy) is 2. The number of carbonyl (C=O) groups excluding carboxylic acids is 1. The van der Waals surface area contributed by atoms with Crippen LogP contribution >= 0.6 is 15.9 Å². The molecule has 1 aliphatic heterocycles. The maximum atomic E-state index is 11.7. The number of fused-ring (bicyclic) bond motifs is 1. The van der Waals surface area contributed by atoms with Gasteiger partial charge in [0.05, 0.1) is 19.4 Å². The lowest BCUT2D eigenvalue weighted by Gasteiger charge is -2.09. The summed E-state index contributed by atoms with van der Waals surface area (Å²) in [5.74, 6) is 0.460. The van der Waals surface area contributed by atoms with Crippen LogP contribution in [-0.2, 0) is 9.47 Å². The van der Waals surface area contributed by atoms with Crippen LogP contribution < -0.4 is 5.32 Å². The van der Waals surface area contributed by atoms with Crippen molar-refractivity contribution in [3.05, 3.63) is 29.0 Å². The van der Waals surface area contributed by atoms with Crippen LogP contribution in [0.5, 0.6) is 0 Å². The SMILES string of the molecule is O=C(Nc1cn2cc(Br)ccc2n1)OC1CCOC1. The molecular formula is C12H12BrN3O3. The monoisotopic (exact) mass is 325 g/mol. The molecule has 0 saturated carbocycles. The van der Waals surface area contributed by atoms with Gasteiger partial charge in [-0.1, -0.05) is 0 Å². The van der Waals surface area contributed by atoms with Crippen LogP contribution in [0.2, 0.25) is 0 Å². The first kappa shape index (κ1) is 12.4. The normalized spacial score (nSPS) is 18.7. The van der Waals surface area contributed by atoms with Gasteiger partial charge in [-0.2, -0.15) is 0 Å². The summed E-state index contributed by atoms with van der Waals surface area (Å²) < 4.78 is 13.1. The van der Waals surface area contributed by atoms with Crippen LogP contribution in [0.3, 0.4) is 0 Å². The van der Waals surface area contributed by atoms with E-state index in [9.17, 15) is 4.79 Å². The van der Waals surface area contributed by atoms with E-state index in [4.69, 9.17) is 9.47 Å². The highest BCUT2D eigenvalue weighted by Crippen LogP contribution is 2.15. The van der Waals surface area contributed by atoms with E-state index in [0.29, 0.717) is 19.0 Å². The third-order valence-electron chi connectivity index (χ3n) is 2.81. The molecule has 0 radical (unpaired) electrons. The predicted molar refractivity (Wildman–Crippen MR) is 72.2 cm³/mol. The van der Waals surface area contributed by atoms with Gasteiger partial charge in [0.1, 0.15) is 11.8 Å². The second-order valence-corrected chi connectivity index (χ2v) is 5.17. The smallest absolute Gasteiger partial charge is 0.413 e. The third kappa shape index (κ3) is 2.87. The first-order valence-electron chi connectivity index (χ1n) is 5.90. The van der Waals surface area contributed by atoms with E-state index in [1.807, 2.05) is 22.7 Å². The van der Waals surface area contributed by atoms with E-state index in [0.717, 1.165) is 16.5 Å². The van der Waals surface area contributed by atoms with E-state index in [1.54, 1.807) is 6.20 Å². The molecule has 0 spiro atoms. The maximum Gasteiger partial charge on any atom is 0.413 e. The third-order valence-corrected chi connectivity index (χ3v) is 3.28. The number of hydrogen-bond acceptors (Lipinski definition) is 4. The minimum atomic E-state index is -0.502. The lowest BCUT2D eigenvalue weighted by Crippen LogP contribution is -2.22. The molecule has 2 aromatic rings. The summed E-state index contributed by atoms with van der Waals surface area (Å²) in [6.45, 7) is 1.10. The van der Waals surface area contributed by atoms with Crippen LogP contribution in [0.15, 0.2) is 29.0 Å². The van der Waals surface area contributed by atoms with Crippen molar-refractivity contribution in [2.24, 2.45) is 0 Å². The quantitative estimate of drug-likeness (QED) is 0.921. The van der Waals surface area contributed by atoms with Gasteiger partial charge in [0.25, 0.3) is 0 Å². The first-order valence-corrected chi connectivity index (χ1v) is 6.70. The zero-order valence-electron chi connectivity index (χ0n) is 10.0. The number of pyridine rings is 1. The zero-order chi connectivity index (χ0) is 13.2. The summed E-state index contributed by atoms with van der Waals surface area (Å²) in [6, 6.07) is 3.74. The fraction of sp³-hybridized carbons (Fsp3) is 0.333. The van der Waals surface area contributed by atoms with Gasteiger partial charge in [-0.05, 0) is 28.1 Å². The minimum Gasteiger partial charge on any atom is -0.443 e. The topological polar surface area (TPSA) is 64.9 Å². The number of hydrogen-bond donors (Lipinski definition) is 1. The van der Waals surface area contributed by atoms with Crippen molar-refractivity contribution in [2.75, 3.05) is 18.5 Å². The molecule has 0 aliphatic carbocycles. The van der Waals surface area contributed by atoms with Crippen LogP contribution in [0.25, 0.3) is 5.65 Å². The molecule has 0 bridgehead atoms. The van der Waals surface area contributed by atoms with Crippen molar-refractivity contribution in [2.45, 2.75) is 12.5 Å². The average molecular weight is 326 g/mol. The van der Waals surface area contributed by atoms with Gasteiger partial charge in [0, 0.05) is 17.1 Å². The highest BCUT2D eigenvalue weighted by atomic mass is 79.9. The second kappa shape index (κ2) is 5.18. The predicted octanol–water partition coefficient (Wildman–Crippen LogP) is 2.43. The molecule has 1 unspecified atom stereocenters. The summed E-state index contributed by atoms with van der Waals surface area (Å²) in [6.07, 6.45) is 3.67. The molecule has 1 amide bonds. The molecule has 3 heterocycles. The van der Waals surface area contributed by atoms with Crippen LogP contribution in [-0.4, -0.2) is 34.8 Å². The Morgan fingerprint density at radius 3 is 3.21 bits per heavy atom. The van der Waals surface area contributed by atoms with Crippen LogP contribution in [0.1, 0.15) is 6.42 Å². The number of imidazole rings is 1. The second-order valence-electron chi connectivity index (χ2n) is 4.25. The van der Waals surface area contributed by atoms with Crippen molar-refractivity contribution < 1.29 is 14.3 Å². The molecule has 1 atom stereocenters. The number of anilines is 1. The Hall–Kier alpha value is -1.60.